The number of ether oxygens (including phenoxy) is 1. The monoisotopic (exact) mass is 349 g/mol. The number of aryl methyl sites for hydroxylation is 2. The fourth-order valence-electron chi connectivity index (χ4n) is 3.39. The van der Waals surface area contributed by atoms with Crippen molar-refractivity contribution < 1.29 is 13.9 Å². The summed E-state index contributed by atoms with van der Waals surface area (Å²) < 4.78 is 11.4. The molecule has 1 aromatic heterocycles. The molecule has 0 N–H and O–H groups in total. The molecule has 1 aliphatic heterocycles. The van der Waals surface area contributed by atoms with Crippen LogP contribution < -0.4 is 0 Å². The summed E-state index contributed by atoms with van der Waals surface area (Å²) in [5.74, 6) is 0.0722. The van der Waals surface area contributed by atoms with E-state index in [4.69, 9.17) is 20.8 Å². The van der Waals surface area contributed by atoms with Gasteiger partial charge in [-0.2, -0.15) is 0 Å². The Morgan fingerprint density at radius 1 is 1.38 bits per heavy atom. The molecule has 0 aliphatic carbocycles. The van der Waals surface area contributed by atoms with Crippen molar-refractivity contribution in [3.05, 3.63) is 34.0 Å². The van der Waals surface area contributed by atoms with Crippen molar-refractivity contribution in [2.75, 3.05) is 20.2 Å². The first-order valence-electron chi connectivity index (χ1n) is 8.48. The van der Waals surface area contributed by atoms with Crippen LogP contribution in [0, 0.1) is 13.8 Å². The maximum absolute atomic E-state index is 12.6. The van der Waals surface area contributed by atoms with Gasteiger partial charge in [-0.1, -0.05) is 11.6 Å². The zero-order chi connectivity index (χ0) is 17.3. The molecular weight excluding hydrogens is 326 g/mol. The van der Waals surface area contributed by atoms with Crippen molar-refractivity contribution >= 4 is 28.5 Å². The van der Waals surface area contributed by atoms with E-state index in [1.807, 2.05) is 27.0 Å². The third kappa shape index (κ3) is 3.45. The lowest BCUT2D eigenvalue weighted by Gasteiger charge is -2.27. The summed E-state index contributed by atoms with van der Waals surface area (Å²) in [7, 11) is 1.84. The van der Waals surface area contributed by atoms with Gasteiger partial charge in [-0.05, 0) is 50.3 Å². The van der Waals surface area contributed by atoms with Crippen molar-refractivity contribution in [1.29, 1.82) is 0 Å². The number of rotatable bonds is 4. The quantitative estimate of drug-likeness (QED) is 0.827. The Bertz CT molecular complexity index is 747. The first kappa shape index (κ1) is 17.3. The van der Waals surface area contributed by atoms with E-state index >= 15 is 0 Å². The Balaban J connectivity index is 1.74. The molecule has 1 fully saturated rings. The molecule has 0 radical (unpaired) electrons. The second kappa shape index (κ2) is 7.16. The van der Waals surface area contributed by atoms with Crippen LogP contribution in [0.15, 0.2) is 16.7 Å². The predicted octanol–water partition coefficient (Wildman–Crippen LogP) is 4.27. The van der Waals surface area contributed by atoms with Crippen LogP contribution in [0.4, 0.5) is 0 Å². The normalized spacial score (nSPS) is 18.1. The zero-order valence-corrected chi connectivity index (χ0v) is 15.3. The number of benzene rings is 1. The molecule has 24 heavy (non-hydrogen) atoms. The molecule has 0 bridgehead atoms. The van der Waals surface area contributed by atoms with Crippen LogP contribution >= 0.6 is 11.6 Å². The topological polar surface area (TPSA) is 42.7 Å². The molecule has 1 aromatic carbocycles. The van der Waals surface area contributed by atoms with Gasteiger partial charge in [0, 0.05) is 36.2 Å². The highest BCUT2D eigenvalue weighted by atomic mass is 35.5. The van der Waals surface area contributed by atoms with E-state index in [1.165, 1.54) is 6.42 Å². The van der Waals surface area contributed by atoms with Gasteiger partial charge in [-0.3, -0.25) is 4.79 Å². The van der Waals surface area contributed by atoms with Gasteiger partial charge in [0.2, 0.25) is 5.91 Å². The lowest BCUT2D eigenvalue weighted by atomic mass is 10.0. The van der Waals surface area contributed by atoms with Gasteiger partial charge in [0.1, 0.15) is 5.58 Å². The first-order chi connectivity index (χ1) is 11.5. The highest BCUT2D eigenvalue weighted by Crippen LogP contribution is 2.32. The van der Waals surface area contributed by atoms with Crippen molar-refractivity contribution in [1.82, 2.24) is 4.90 Å². The first-order valence-corrected chi connectivity index (χ1v) is 8.86. The van der Waals surface area contributed by atoms with Crippen LogP contribution in [0.3, 0.4) is 0 Å². The van der Waals surface area contributed by atoms with Gasteiger partial charge in [0.25, 0.3) is 0 Å². The molecule has 4 nitrogen and oxygen atoms in total. The standard InChI is InChI=1S/C19H24ClNO3/c1-12-8-16-18(13(2)19(12)20)14(11-24-16)9-17(22)21(3)10-15-6-4-5-7-23-15/h8,11,15H,4-7,9-10H2,1-3H3. The molecule has 1 saturated heterocycles. The Kier molecular flexibility index (Phi) is 5.16. The number of furan rings is 1. The fourth-order valence-corrected chi connectivity index (χ4v) is 3.54. The molecule has 5 heteroatoms. The Morgan fingerprint density at radius 2 is 2.17 bits per heavy atom. The minimum atomic E-state index is 0.0722. The number of hydrogen-bond acceptors (Lipinski definition) is 3. The molecule has 2 aromatic rings. The number of likely N-dealkylation sites (N-methyl/N-ethyl adjacent to an activating group) is 1. The van der Waals surface area contributed by atoms with Gasteiger partial charge >= 0.3 is 0 Å². The number of fused-ring (bicyclic) bond motifs is 1. The van der Waals surface area contributed by atoms with Crippen molar-refractivity contribution in [3.63, 3.8) is 0 Å². The van der Waals surface area contributed by atoms with Crippen LogP contribution in [0.1, 0.15) is 36.0 Å². The molecule has 1 aliphatic rings. The van der Waals surface area contributed by atoms with Crippen LogP contribution in [0.5, 0.6) is 0 Å². The number of halogens is 1. The highest BCUT2D eigenvalue weighted by molar-refractivity contribution is 6.33. The van der Waals surface area contributed by atoms with E-state index in [0.717, 1.165) is 52.1 Å². The molecule has 1 amide bonds. The van der Waals surface area contributed by atoms with Gasteiger partial charge in [0.05, 0.1) is 18.8 Å². The van der Waals surface area contributed by atoms with Crippen LogP contribution in [-0.2, 0) is 16.0 Å². The second-order valence-corrected chi connectivity index (χ2v) is 7.08. The van der Waals surface area contributed by atoms with Crippen molar-refractivity contribution in [3.8, 4) is 0 Å². The maximum atomic E-state index is 12.6. The lowest BCUT2D eigenvalue weighted by Crippen LogP contribution is -2.37. The molecule has 0 spiro atoms. The summed E-state index contributed by atoms with van der Waals surface area (Å²) in [6, 6.07) is 1.93. The summed E-state index contributed by atoms with van der Waals surface area (Å²) in [4.78, 5) is 14.4. The van der Waals surface area contributed by atoms with E-state index in [-0.39, 0.29) is 12.0 Å². The third-order valence-corrected chi connectivity index (χ3v) is 5.39. The number of hydrogen-bond donors (Lipinski definition) is 0. The maximum Gasteiger partial charge on any atom is 0.226 e. The van der Waals surface area contributed by atoms with Gasteiger partial charge in [0.15, 0.2) is 0 Å². The van der Waals surface area contributed by atoms with E-state index in [2.05, 4.69) is 0 Å². The van der Waals surface area contributed by atoms with Gasteiger partial charge in [-0.15, -0.1) is 0 Å². The highest BCUT2D eigenvalue weighted by Gasteiger charge is 2.21. The predicted molar refractivity (Wildman–Crippen MR) is 95.6 cm³/mol. The minimum absolute atomic E-state index is 0.0722. The van der Waals surface area contributed by atoms with Crippen LogP contribution in [-0.4, -0.2) is 37.1 Å². The SMILES string of the molecule is Cc1cc2occ(CC(=O)N(C)CC3CCCCO3)c2c(C)c1Cl. The number of carbonyl (C=O) groups is 1. The number of amides is 1. The van der Waals surface area contributed by atoms with E-state index in [1.54, 1.807) is 11.2 Å². The summed E-state index contributed by atoms with van der Waals surface area (Å²) in [6.45, 7) is 5.38. The van der Waals surface area contributed by atoms with E-state index in [9.17, 15) is 4.79 Å². The molecule has 0 saturated carbocycles. The Hall–Kier alpha value is -1.52. The van der Waals surface area contributed by atoms with Crippen molar-refractivity contribution in [2.45, 2.75) is 45.6 Å². The molecule has 3 rings (SSSR count). The molecular formula is C19H24ClNO3. The minimum Gasteiger partial charge on any atom is -0.464 e. The number of nitrogens with zero attached hydrogens (tertiary/aromatic N) is 1. The van der Waals surface area contributed by atoms with Crippen LogP contribution in [0.25, 0.3) is 11.0 Å². The fraction of sp³-hybridized carbons (Fsp3) is 0.526. The number of carbonyl (C=O) groups excluding carboxylic acids is 1. The molecule has 2 heterocycles. The average molecular weight is 350 g/mol. The molecule has 130 valence electrons. The summed E-state index contributed by atoms with van der Waals surface area (Å²) in [5.41, 5.74) is 3.64. The lowest BCUT2D eigenvalue weighted by molar-refractivity contribution is -0.131. The average Bonchev–Trinajstić information content (AvgIpc) is 2.96. The Morgan fingerprint density at radius 3 is 2.88 bits per heavy atom. The van der Waals surface area contributed by atoms with Crippen molar-refractivity contribution in [2.24, 2.45) is 0 Å². The second-order valence-electron chi connectivity index (χ2n) is 6.71. The summed E-state index contributed by atoms with van der Waals surface area (Å²) in [6.07, 6.45) is 5.48. The van der Waals surface area contributed by atoms with E-state index < -0.39 is 0 Å². The summed E-state index contributed by atoms with van der Waals surface area (Å²) in [5, 5.41) is 1.70. The molecule has 1 unspecified atom stereocenters. The van der Waals surface area contributed by atoms with Gasteiger partial charge < -0.3 is 14.1 Å². The third-order valence-electron chi connectivity index (χ3n) is 4.81. The zero-order valence-electron chi connectivity index (χ0n) is 14.5. The summed E-state index contributed by atoms with van der Waals surface area (Å²) >= 11 is 6.36. The van der Waals surface area contributed by atoms with Gasteiger partial charge in [-0.25, -0.2) is 0 Å². The van der Waals surface area contributed by atoms with Crippen LogP contribution in [0.2, 0.25) is 5.02 Å². The van der Waals surface area contributed by atoms with E-state index in [0.29, 0.717) is 13.0 Å². The Labute approximate surface area is 147 Å². The smallest absolute Gasteiger partial charge is 0.226 e. The molecule has 1 atom stereocenters. The largest absolute Gasteiger partial charge is 0.464 e.